The van der Waals surface area contributed by atoms with Crippen molar-refractivity contribution in [3.05, 3.63) is 45.7 Å². The largest absolute Gasteiger partial charge is 0.491 e. The average molecular weight is 366 g/mol. The van der Waals surface area contributed by atoms with Gasteiger partial charge in [-0.3, -0.25) is 9.47 Å². The molecule has 0 amide bonds. The zero-order valence-electron chi connectivity index (χ0n) is 14.0. The van der Waals surface area contributed by atoms with Crippen LogP contribution in [0.2, 0.25) is 5.02 Å². The number of hydrogen-bond donors (Lipinski definition) is 0. The first-order valence-electron chi connectivity index (χ1n) is 8.06. The van der Waals surface area contributed by atoms with Gasteiger partial charge in [-0.25, -0.2) is 0 Å². The van der Waals surface area contributed by atoms with Crippen molar-refractivity contribution in [2.24, 2.45) is 7.05 Å². The Morgan fingerprint density at radius 2 is 2.00 bits per heavy atom. The highest BCUT2D eigenvalue weighted by Crippen LogP contribution is 2.27. The van der Waals surface area contributed by atoms with Crippen molar-refractivity contribution in [1.29, 1.82) is 0 Å². The van der Waals surface area contributed by atoms with Crippen LogP contribution in [0, 0.1) is 10.1 Å². The van der Waals surface area contributed by atoms with Gasteiger partial charge in [0.2, 0.25) is 12.1 Å². The predicted octanol–water partition coefficient (Wildman–Crippen LogP) is 2.18. The molecule has 0 spiro atoms. The smallest absolute Gasteiger partial charge is 0.406 e. The van der Waals surface area contributed by atoms with Crippen LogP contribution in [0.1, 0.15) is 0 Å². The van der Waals surface area contributed by atoms with E-state index < -0.39 is 4.92 Å². The maximum absolute atomic E-state index is 11.1. The third-order valence-corrected chi connectivity index (χ3v) is 4.55. The normalized spacial score (nSPS) is 15.4. The molecular formula is C16H20ClN5O3. The summed E-state index contributed by atoms with van der Waals surface area (Å²) in [5, 5.41) is 11.7. The molecular weight excluding hydrogens is 346 g/mol. The second-order valence-electron chi connectivity index (χ2n) is 5.87. The highest BCUT2D eigenvalue weighted by atomic mass is 35.5. The van der Waals surface area contributed by atoms with Crippen LogP contribution in [0.15, 0.2) is 30.6 Å². The molecule has 2 aromatic rings. The molecule has 3 rings (SSSR count). The number of benzene rings is 1. The number of hydrogen-bond acceptors (Lipinski definition) is 6. The third-order valence-electron chi connectivity index (χ3n) is 4.23. The Kier molecular flexibility index (Phi) is 5.40. The summed E-state index contributed by atoms with van der Waals surface area (Å²) in [5.74, 6) is 1.17. The fourth-order valence-electron chi connectivity index (χ4n) is 2.93. The van der Waals surface area contributed by atoms with E-state index >= 15 is 0 Å². The summed E-state index contributed by atoms with van der Waals surface area (Å²) in [6.45, 7) is 4.39. The summed E-state index contributed by atoms with van der Waals surface area (Å²) in [6.07, 6.45) is 1.48. The topological polar surface area (TPSA) is 76.7 Å². The summed E-state index contributed by atoms with van der Waals surface area (Å²) in [5.41, 5.74) is 0. The number of halogens is 1. The maximum atomic E-state index is 11.1. The number of ether oxygens (including phenoxy) is 1. The van der Waals surface area contributed by atoms with E-state index in [1.807, 2.05) is 23.1 Å². The van der Waals surface area contributed by atoms with Gasteiger partial charge in [0.05, 0.1) is 5.02 Å². The maximum Gasteiger partial charge on any atom is 0.406 e. The van der Waals surface area contributed by atoms with Crippen LogP contribution in [0.3, 0.4) is 0 Å². The summed E-state index contributed by atoms with van der Waals surface area (Å²) in [6, 6.07) is 7.41. The van der Waals surface area contributed by atoms with Crippen LogP contribution in [0.4, 0.5) is 11.6 Å². The van der Waals surface area contributed by atoms with Gasteiger partial charge in [0.25, 0.3) is 0 Å². The van der Waals surface area contributed by atoms with Crippen LogP contribution in [0.5, 0.6) is 5.75 Å². The summed E-state index contributed by atoms with van der Waals surface area (Å²) >= 11 is 6.07. The van der Waals surface area contributed by atoms with E-state index in [0.717, 1.165) is 19.6 Å². The fraction of sp³-hybridized carbons (Fsp3) is 0.438. The third kappa shape index (κ3) is 4.02. The number of anilines is 1. The van der Waals surface area contributed by atoms with Crippen molar-refractivity contribution in [2.45, 2.75) is 0 Å². The van der Waals surface area contributed by atoms with Gasteiger partial charge >= 0.3 is 5.82 Å². The molecule has 8 nitrogen and oxygen atoms in total. The van der Waals surface area contributed by atoms with Crippen LogP contribution < -0.4 is 9.64 Å². The molecule has 0 radical (unpaired) electrons. The van der Waals surface area contributed by atoms with E-state index in [2.05, 4.69) is 9.88 Å². The molecule has 134 valence electrons. The quantitative estimate of drug-likeness (QED) is 0.577. The Bertz CT molecular complexity index is 743. The summed E-state index contributed by atoms with van der Waals surface area (Å²) in [4.78, 5) is 18.8. The number of aromatic nitrogens is 2. The van der Waals surface area contributed by atoms with E-state index in [1.165, 1.54) is 6.33 Å². The van der Waals surface area contributed by atoms with E-state index in [9.17, 15) is 10.1 Å². The molecule has 0 aliphatic carbocycles. The van der Waals surface area contributed by atoms with Crippen LogP contribution in [-0.2, 0) is 7.05 Å². The molecule has 1 aromatic carbocycles. The van der Waals surface area contributed by atoms with Gasteiger partial charge in [0.1, 0.15) is 12.4 Å². The molecule has 9 heteroatoms. The molecule has 0 saturated carbocycles. The van der Waals surface area contributed by atoms with E-state index in [4.69, 9.17) is 16.3 Å². The molecule has 25 heavy (non-hydrogen) atoms. The number of aryl methyl sites for hydroxylation is 1. The lowest BCUT2D eigenvalue weighted by Crippen LogP contribution is -2.48. The number of nitro groups is 1. The number of piperazine rings is 1. The van der Waals surface area contributed by atoms with Gasteiger partial charge < -0.3 is 19.8 Å². The van der Waals surface area contributed by atoms with E-state index in [-0.39, 0.29) is 5.82 Å². The molecule has 2 heterocycles. The molecule has 0 unspecified atom stereocenters. The monoisotopic (exact) mass is 365 g/mol. The molecule has 1 saturated heterocycles. The minimum atomic E-state index is -0.431. The van der Waals surface area contributed by atoms with Gasteiger partial charge in [-0.05, 0) is 22.0 Å². The standard InChI is InChI=1S/C16H20ClN5O3/c1-19-12-18-15(22(23)24)16(19)21-8-6-20(7-9-21)10-11-25-14-5-3-2-4-13(14)17/h2-5,12H,6-11H2,1H3. The lowest BCUT2D eigenvalue weighted by molar-refractivity contribution is -0.388. The van der Waals surface area contributed by atoms with Crippen molar-refractivity contribution < 1.29 is 9.66 Å². The lowest BCUT2D eigenvalue weighted by Gasteiger charge is -2.35. The second kappa shape index (κ2) is 7.71. The zero-order chi connectivity index (χ0) is 17.8. The van der Waals surface area contributed by atoms with Gasteiger partial charge in [-0.1, -0.05) is 23.7 Å². The Hall–Kier alpha value is -2.32. The highest BCUT2D eigenvalue weighted by molar-refractivity contribution is 6.32. The SMILES string of the molecule is Cn1cnc([N+](=O)[O-])c1N1CCN(CCOc2ccccc2Cl)CC1. The van der Waals surface area contributed by atoms with Crippen molar-refractivity contribution in [2.75, 3.05) is 44.2 Å². The number of nitrogens with zero attached hydrogens (tertiary/aromatic N) is 5. The fourth-order valence-corrected chi connectivity index (χ4v) is 3.12. The molecule has 1 aromatic heterocycles. The summed E-state index contributed by atoms with van der Waals surface area (Å²) in [7, 11) is 1.78. The van der Waals surface area contributed by atoms with Crippen molar-refractivity contribution in [3.8, 4) is 5.75 Å². The highest BCUT2D eigenvalue weighted by Gasteiger charge is 2.28. The molecule has 1 fully saturated rings. The number of para-hydroxylation sites is 1. The Morgan fingerprint density at radius 3 is 2.68 bits per heavy atom. The van der Waals surface area contributed by atoms with Gasteiger partial charge in [-0.15, -0.1) is 0 Å². The first-order valence-corrected chi connectivity index (χ1v) is 8.44. The van der Waals surface area contributed by atoms with Crippen LogP contribution in [-0.4, -0.2) is 58.7 Å². The average Bonchev–Trinajstić information content (AvgIpc) is 2.99. The molecule has 0 atom stereocenters. The first-order chi connectivity index (χ1) is 12.1. The van der Waals surface area contributed by atoms with Gasteiger partial charge in [0, 0.05) is 39.8 Å². The summed E-state index contributed by atoms with van der Waals surface area (Å²) < 4.78 is 7.42. The Balaban J connectivity index is 1.50. The number of imidazole rings is 1. The van der Waals surface area contributed by atoms with Crippen molar-refractivity contribution in [3.63, 3.8) is 0 Å². The molecule has 1 aliphatic rings. The Morgan fingerprint density at radius 1 is 1.28 bits per heavy atom. The number of rotatable bonds is 6. The minimum absolute atomic E-state index is 0.0852. The van der Waals surface area contributed by atoms with E-state index in [1.54, 1.807) is 17.7 Å². The van der Waals surface area contributed by atoms with Crippen LogP contribution in [0.25, 0.3) is 0 Å². The van der Waals surface area contributed by atoms with Crippen LogP contribution >= 0.6 is 11.6 Å². The Labute approximate surface area is 150 Å². The van der Waals surface area contributed by atoms with Gasteiger partial charge in [-0.2, -0.15) is 0 Å². The van der Waals surface area contributed by atoms with Gasteiger partial charge in [0.15, 0.2) is 0 Å². The van der Waals surface area contributed by atoms with E-state index in [0.29, 0.717) is 36.3 Å². The van der Waals surface area contributed by atoms with Crippen molar-refractivity contribution in [1.82, 2.24) is 14.5 Å². The van der Waals surface area contributed by atoms with Crippen molar-refractivity contribution >= 4 is 23.2 Å². The molecule has 0 N–H and O–H groups in total. The first kappa shape index (κ1) is 17.5. The zero-order valence-corrected chi connectivity index (χ0v) is 14.7. The molecule has 1 aliphatic heterocycles. The molecule has 0 bridgehead atoms. The predicted molar refractivity (Wildman–Crippen MR) is 95.5 cm³/mol. The minimum Gasteiger partial charge on any atom is -0.491 e. The second-order valence-corrected chi connectivity index (χ2v) is 6.27. The lowest BCUT2D eigenvalue weighted by atomic mass is 10.3.